The number of likely N-dealkylation sites (tertiary alicyclic amines) is 1. The van der Waals surface area contributed by atoms with Crippen molar-refractivity contribution in [3.05, 3.63) is 71.8 Å². The van der Waals surface area contributed by atoms with E-state index < -0.39 is 150 Å². The molecule has 1 saturated heterocycles. The second kappa shape index (κ2) is 40.5. The summed E-state index contributed by atoms with van der Waals surface area (Å²) in [6.45, 7) is 7.28. The summed E-state index contributed by atoms with van der Waals surface area (Å²) < 4.78 is 0. The van der Waals surface area contributed by atoms with Gasteiger partial charge in [-0.2, -0.15) is 0 Å². The summed E-state index contributed by atoms with van der Waals surface area (Å²) in [5, 5.41) is 26.2. The predicted molar refractivity (Wildman–Crippen MR) is 341 cm³/mol. The molecule has 0 saturated carbocycles. The Kier molecular flexibility index (Phi) is 33.9. The van der Waals surface area contributed by atoms with Crippen molar-refractivity contribution >= 4 is 82.8 Å². The molecule has 1 heterocycles. The molecule has 31 nitrogen and oxygen atoms in total. The lowest BCUT2D eigenvalue weighted by Crippen LogP contribution is -2.60. The van der Waals surface area contributed by atoms with Gasteiger partial charge in [0.25, 0.3) is 0 Å². The standard InChI is InChI=1S/C61H96N18O13/c1-35(2)50(78-56(88)43(24-16-30-68-61(66)67)75-57(89)46(33-40-20-10-7-11-21-40)76-55(87)41(72-38(5)80)22-12-14-28-62)59(91)77-45(32-39-18-8-6-9-19-39)53(85)69-34-49(82)73-44(26-27-48(64)81)60(92)79-31-17-25-47(79)58(90)71-37(4)52(84)74-42(23-13-15-29-63)54(86)70-36(3)51(65)83/h6-11,18-21,35-37,41-47,50H,12-17,22-34,62-63H2,1-5H3,(H2,64,81)(H2,65,83)(H,69,85)(H,70,86)(H,71,90)(H,72,80)(H,73,82)(H,74,84)(H,75,89)(H,76,87)(H,77,91)(H,78,88)(H4,66,67,68)/t36-,37-,41-,42-,43-,44-,45-,46-,47-,50-/m0/s1. The fourth-order valence-corrected chi connectivity index (χ4v) is 9.89. The number of carbonyl (C=O) groups excluding carboxylic acids is 13. The summed E-state index contributed by atoms with van der Waals surface area (Å²) in [6, 6.07) is 4.94. The van der Waals surface area contributed by atoms with Crippen LogP contribution in [0.2, 0.25) is 0 Å². The topological polar surface area (TPSA) is 514 Å². The first-order valence-corrected chi connectivity index (χ1v) is 31.0. The quantitative estimate of drug-likeness (QED) is 0.0170. The van der Waals surface area contributed by atoms with Crippen molar-refractivity contribution in [1.82, 2.24) is 58.1 Å². The Morgan fingerprint density at radius 3 is 1.53 bits per heavy atom. The van der Waals surface area contributed by atoms with Gasteiger partial charge in [0.05, 0.1) is 6.54 Å². The van der Waals surface area contributed by atoms with E-state index in [0.717, 1.165) is 0 Å². The van der Waals surface area contributed by atoms with Crippen LogP contribution >= 0.6 is 0 Å². The van der Waals surface area contributed by atoms with Gasteiger partial charge in [-0.3, -0.25) is 67.3 Å². The second-order valence-corrected chi connectivity index (χ2v) is 23.0. The highest BCUT2D eigenvalue weighted by atomic mass is 16.2. The van der Waals surface area contributed by atoms with Crippen LogP contribution in [-0.2, 0) is 75.2 Å². The molecule has 92 heavy (non-hydrogen) atoms. The molecule has 1 fully saturated rings. The molecule has 13 amide bonds. The smallest absolute Gasteiger partial charge is 0.245 e. The highest BCUT2D eigenvalue weighted by Crippen LogP contribution is 2.21. The molecule has 22 N–H and O–H groups in total. The van der Waals surface area contributed by atoms with E-state index in [0.29, 0.717) is 56.3 Å². The molecule has 2 aromatic carbocycles. The number of benzene rings is 2. The number of nitrogens with zero attached hydrogens (tertiary/aromatic N) is 2. The van der Waals surface area contributed by atoms with Crippen LogP contribution in [0.3, 0.4) is 0 Å². The number of carbonyl (C=O) groups is 13. The Hall–Kier alpha value is -9.26. The number of nitrogens with one attached hydrogen (secondary N) is 10. The van der Waals surface area contributed by atoms with E-state index in [1.54, 1.807) is 74.5 Å². The van der Waals surface area contributed by atoms with Gasteiger partial charge < -0.3 is 92.5 Å². The van der Waals surface area contributed by atoms with Gasteiger partial charge in [0.2, 0.25) is 76.8 Å². The van der Waals surface area contributed by atoms with E-state index in [1.807, 2.05) is 0 Å². The van der Waals surface area contributed by atoms with E-state index in [2.05, 4.69) is 58.2 Å². The van der Waals surface area contributed by atoms with Crippen LogP contribution in [0.15, 0.2) is 65.7 Å². The summed E-state index contributed by atoms with van der Waals surface area (Å²) in [6.07, 6.45) is 2.19. The number of hydrogen-bond acceptors (Lipinski definition) is 16. The van der Waals surface area contributed by atoms with E-state index in [4.69, 9.17) is 34.4 Å². The Bertz CT molecular complexity index is 2840. The molecule has 0 aliphatic carbocycles. The van der Waals surface area contributed by atoms with Gasteiger partial charge in [-0.15, -0.1) is 0 Å². The second-order valence-electron chi connectivity index (χ2n) is 23.0. The van der Waals surface area contributed by atoms with E-state index in [1.165, 1.54) is 25.7 Å². The molecule has 1 aliphatic rings. The fourth-order valence-electron chi connectivity index (χ4n) is 9.89. The zero-order chi connectivity index (χ0) is 68.5. The number of unbranched alkanes of at least 4 members (excludes halogenated alkanes) is 2. The summed E-state index contributed by atoms with van der Waals surface area (Å²) in [5.41, 5.74) is 34.4. The molecular weight excluding hydrogens is 1190 g/mol. The summed E-state index contributed by atoms with van der Waals surface area (Å²) in [7, 11) is 0. The molecular formula is C61H96N18O13. The molecule has 1 aliphatic heterocycles. The Morgan fingerprint density at radius 2 is 1.01 bits per heavy atom. The van der Waals surface area contributed by atoms with Crippen molar-refractivity contribution in [2.75, 3.05) is 32.7 Å². The Labute approximate surface area is 536 Å². The van der Waals surface area contributed by atoms with Crippen LogP contribution in [0.5, 0.6) is 0 Å². The maximum Gasteiger partial charge on any atom is 0.245 e. The van der Waals surface area contributed by atoms with Gasteiger partial charge >= 0.3 is 0 Å². The fraction of sp³-hybridized carbons (Fsp3) is 0.574. The molecule has 0 radical (unpaired) electrons. The lowest BCUT2D eigenvalue weighted by atomic mass is 9.99. The number of aliphatic imine (C=N–C) groups is 1. The van der Waals surface area contributed by atoms with Gasteiger partial charge in [0.1, 0.15) is 60.4 Å². The number of amides is 13. The van der Waals surface area contributed by atoms with Crippen molar-refractivity contribution in [3.63, 3.8) is 0 Å². The van der Waals surface area contributed by atoms with Crippen LogP contribution in [0.4, 0.5) is 0 Å². The highest BCUT2D eigenvalue weighted by Gasteiger charge is 2.40. The third-order valence-electron chi connectivity index (χ3n) is 15.0. The predicted octanol–water partition coefficient (Wildman–Crippen LogP) is -4.28. The molecule has 0 spiro atoms. The maximum absolute atomic E-state index is 14.5. The van der Waals surface area contributed by atoms with Crippen LogP contribution in [0.1, 0.15) is 123 Å². The number of guanidine groups is 1. The summed E-state index contributed by atoms with van der Waals surface area (Å²) >= 11 is 0. The number of nitrogens with two attached hydrogens (primary N) is 6. The van der Waals surface area contributed by atoms with Gasteiger partial charge in [-0.25, -0.2) is 0 Å². The zero-order valence-corrected chi connectivity index (χ0v) is 53.2. The summed E-state index contributed by atoms with van der Waals surface area (Å²) in [5.74, 6) is -10.7. The zero-order valence-electron chi connectivity index (χ0n) is 53.2. The van der Waals surface area contributed by atoms with E-state index in [-0.39, 0.29) is 76.8 Å². The lowest BCUT2D eigenvalue weighted by molar-refractivity contribution is -0.142. The number of primary amides is 2. The monoisotopic (exact) mass is 1290 g/mol. The van der Waals surface area contributed by atoms with Gasteiger partial charge in [0, 0.05) is 39.3 Å². The molecule has 508 valence electrons. The highest BCUT2D eigenvalue weighted by molar-refractivity contribution is 5.99. The maximum atomic E-state index is 14.5. The third-order valence-corrected chi connectivity index (χ3v) is 15.0. The number of hydrogen-bond donors (Lipinski definition) is 16. The SMILES string of the molecule is CC(=O)N[C@@H](CCCCN)C(=O)N[C@@H](Cc1ccccc1)C(=O)N[C@@H](CCCN=C(N)N)C(=O)N[C@H](C(=O)N[C@@H](Cc1ccccc1)C(=O)NCC(=O)N[C@@H](CCC(N)=O)C(=O)N1CCC[C@H]1C(=O)N[C@@H](C)C(=O)N[C@@H](CCCCN)C(=O)N[C@@H](C)C(N)=O)C(C)C. The van der Waals surface area contributed by atoms with Crippen LogP contribution in [-0.4, -0.2) is 181 Å². The van der Waals surface area contributed by atoms with Gasteiger partial charge in [0.15, 0.2) is 5.96 Å². The van der Waals surface area contributed by atoms with Crippen LogP contribution in [0.25, 0.3) is 0 Å². The average molecular weight is 1290 g/mol. The van der Waals surface area contributed by atoms with E-state index >= 15 is 0 Å². The first kappa shape index (κ1) is 77.0. The van der Waals surface area contributed by atoms with Crippen molar-refractivity contribution < 1.29 is 62.3 Å². The molecule has 10 atom stereocenters. The molecule has 31 heteroatoms. The number of rotatable bonds is 41. The Morgan fingerprint density at radius 1 is 0.522 bits per heavy atom. The van der Waals surface area contributed by atoms with E-state index in [9.17, 15) is 62.3 Å². The molecule has 2 aromatic rings. The van der Waals surface area contributed by atoms with Crippen molar-refractivity contribution in [2.24, 2.45) is 45.3 Å². The summed E-state index contributed by atoms with van der Waals surface area (Å²) in [4.78, 5) is 181. The minimum atomic E-state index is -1.44. The third kappa shape index (κ3) is 27.9. The molecule has 0 unspecified atom stereocenters. The molecule has 0 bridgehead atoms. The van der Waals surface area contributed by atoms with Crippen molar-refractivity contribution in [3.8, 4) is 0 Å². The lowest BCUT2D eigenvalue weighted by Gasteiger charge is -2.30. The minimum absolute atomic E-state index is 0.0240. The van der Waals surface area contributed by atoms with Crippen molar-refractivity contribution in [2.45, 2.75) is 185 Å². The first-order valence-electron chi connectivity index (χ1n) is 31.0. The van der Waals surface area contributed by atoms with Gasteiger partial charge in [-0.1, -0.05) is 74.5 Å². The normalized spacial score (nSPS) is 15.6. The first-order chi connectivity index (χ1) is 43.6. The molecule has 3 rings (SSSR count). The largest absolute Gasteiger partial charge is 0.370 e. The van der Waals surface area contributed by atoms with Crippen molar-refractivity contribution in [1.29, 1.82) is 0 Å². The average Bonchev–Trinajstić information content (AvgIpc) is 1.64. The Balaban J connectivity index is 1.84. The van der Waals surface area contributed by atoms with Crippen LogP contribution < -0.4 is 87.6 Å². The van der Waals surface area contributed by atoms with Crippen LogP contribution in [0, 0.1) is 5.92 Å². The molecule has 0 aromatic heterocycles. The van der Waals surface area contributed by atoms with Gasteiger partial charge in [-0.05, 0) is 115 Å². The minimum Gasteiger partial charge on any atom is -0.370 e.